The lowest BCUT2D eigenvalue weighted by molar-refractivity contribution is 0.575. The van der Waals surface area contributed by atoms with E-state index in [0.29, 0.717) is 22.2 Å². The zero-order valence-electron chi connectivity index (χ0n) is 11.2. The summed E-state index contributed by atoms with van der Waals surface area (Å²) in [6.07, 6.45) is 0.608. The minimum Gasteiger partial charge on any atom is -0.271 e. The number of nitrogens with one attached hydrogen (secondary N) is 1. The molecule has 6 heteroatoms. The van der Waals surface area contributed by atoms with E-state index in [1.165, 1.54) is 23.9 Å². The van der Waals surface area contributed by atoms with E-state index in [4.69, 9.17) is 29.0 Å². The van der Waals surface area contributed by atoms with E-state index in [0.717, 1.165) is 10.5 Å². The SMILES string of the molecule is NNC(CSc1cccc(F)c1)Cc1c(Cl)cccc1Cl. The predicted octanol–water partition coefficient (Wildman–Crippen LogP) is 4.30. The van der Waals surface area contributed by atoms with Crippen LogP contribution < -0.4 is 11.3 Å². The van der Waals surface area contributed by atoms with Gasteiger partial charge in [0.25, 0.3) is 0 Å². The van der Waals surface area contributed by atoms with E-state index >= 15 is 0 Å². The van der Waals surface area contributed by atoms with Crippen molar-refractivity contribution in [1.82, 2.24) is 5.43 Å². The summed E-state index contributed by atoms with van der Waals surface area (Å²) in [6.45, 7) is 0. The molecular formula is C15H15Cl2FN2S. The minimum absolute atomic E-state index is 0.0179. The average molecular weight is 345 g/mol. The molecule has 3 N–H and O–H groups in total. The van der Waals surface area contributed by atoms with Crippen LogP contribution >= 0.6 is 35.0 Å². The predicted molar refractivity (Wildman–Crippen MR) is 88.4 cm³/mol. The molecule has 21 heavy (non-hydrogen) atoms. The van der Waals surface area contributed by atoms with E-state index in [9.17, 15) is 4.39 Å². The van der Waals surface area contributed by atoms with Gasteiger partial charge in [0.2, 0.25) is 0 Å². The van der Waals surface area contributed by atoms with Crippen molar-refractivity contribution in [3.8, 4) is 0 Å². The molecule has 0 amide bonds. The summed E-state index contributed by atoms with van der Waals surface area (Å²) in [5.74, 6) is 6.03. The first-order valence-electron chi connectivity index (χ1n) is 6.37. The molecule has 0 radical (unpaired) electrons. The Balaban J connectivity index is 2.00. The van der Waals surface area contributed by atoms with Crippen molar-refractivity contribution in [1.29, 1.82) is 0 Å². The van der Waals surface area contributed by atoms with Crippen molar-refractivity contribution in [3.63, 3.8) is 0 Å². The van der Waals surface area contributed by atoms with Gasteiger partial charge in [0.05, 0.1) is 0 Å². The molecule has 0 aliphatic carbocycles. The van der Waals surface area contributed by atoms with E-state index in [-0.39, 0.29) is 11.9 Å². The van der Waals surface area contributed by atoms with Gasteiger partial charge in [-0.15, -0.1) is 11.8 Å². The van der Waals surface area contributed by atoms with Crippen molar-refractivity contribution in [2.45, 2.75) is 17.4 Å². The van der Waals surface area contributed by atoms with Crippen LogP contribution in [0.15, 0.2) is 47.4 Å². The number of benzene rings is 2. The van der Waals surface area contributed by atoms with Crippen LogP contribution in [0.2, 0.25) is 10.0 Å². The van der Waals surface area contributed by atoms with Crippen LogP contribution in [0.5, 0.6) is 0 Å². The fourth-order valence-corrected chi connectivity index (χ4v) is 3.42. The largest absolute Gasteiger partial charge is 0.271 e. The third-order valence-corrected chi connectivity index (χ3v) is 4.86. The Morgan fingerprint density at radius 3 is 2.43 bits per heavy atom. The van der Waals surface area contributed by atoms with Crippen LogP contribution in [-0.4, -0.2) is 11.8 Å². The highest BCUT2D eigenvalue weighted by Gasteiger charge is 2.13. The summed E-state index contributed by atoms with van der Waals surface area (Å²) >= 11 is 13.8. The van der Waals surface area contributed by atoms with Crippen LogP contribution in [0, 0.1) is 5.82 Å². The molecule has 0 heterocycles. The van der Waals surface area contributed by atoms with E-state index in [1.54, 1.807) is 24.3 Å². The summed E-state index contributed by atoms with van der Waals surface area (Å²) < 4.78 is 13.1. The molecule has 0 bridgehead atoms. The molecule has 0 aromatic heterocycles. The molecule has 1 atom stereocenters. The third kappa shape index (κ3) is 4.87. The summed E-state index contributed by atoms with van der Waals surface area (Å²) in [5.41, 5.74) is 3.62. The maximum absolute atomic E-state index is 13.1. The first-order valence-corrected chi connectivity index (χ1v) is 8.11. The Morgan fingerprint density at radius 1 is 1.14 bits per heavy atom. The molecule has 2 aromatic carbocycles. The molecule has 2 rings (SSSR count). The van der Waals surface area contributed by atoms with Gasteiger partial charge in [-0.25, -0.2) is 4.39 Å². The summed E-state index contributed by atoms with van der Waals surface area (Å²) in [6, 6.07) is 11.9. The molecule has 2 nitrogen and oxygen atoms in total. The zero-order valence-corrected chi connectivity index (χ0v) is 13.5. The second-order valence-corrected chi connectivity index (χ2v) is 6.44. The molecule has 1 unspecified atom stereocenters. The number of hydrazine groups is 1. The summed E-state index contributed by atoms with van der Waals surface area (Å²) in [4.78, 5) is 0.862. The van der Waals surface area contributed by atoms with Crippen LogP contribution in [0.3, 0.4) is 0 Å². The molecule has 0 spiro atoms. The number of halogens is 3. The highest BCUT2D eigenvalue weighted by atomic mass is 35.5. The lowest BCUT2D eigenvalue weighted by atomic mass is 10.1. The molecule has 0 saturated heterocycles. The highest BCUT2D eigenvalue weighted by molar-refractivity contribution is 7.99. The van der Waals surface area contributed by atoms with Gasteiger partial charge in [-0.2, -0.15) is 0 Å². The van der Waals surface area contributed by atoms with Crippen molar-refractivity contribution >= 4 is 35.0 Å². The lowest BCUT2D eigenvalue weighted by Crippen LogP contribution is -2.38. The van der Waals surface area contributed by atoms with Crippen molar-refractivity contribution < 1.29 is 4.39 Å². The topological polar surface area (TPSA) is 38.0 Å². The Kier molecular flexibility index (Phi) is 6.33. The number of rotatable bonds is 6. The Morgan fingerprint density at radius 2 is 1.81 bits per heavy atom. The van der Waals surface area contributed by atoms with Crippen LogP contribution in [-0.2, 0) is 6.42 Å². The molecule has 0 aliphatic rings. The van der Waals surface area contributed by atoms with E-state index in [2.05, 4.69) is 5.43 Å². The maximum Gasteiger partial charge on any atom is 0.124 e. The molecule has 112 valence electrons. The molecule has 0 fully saturated rings. The van der Waals surface area contributed by atoms with E-state index in [1.807, 2.05) is 6.07 Å². The fourth-order valence-electron chi connectivity index (χ4n) is 1.89. The molecule has 2 aromatic rings. The van der Waals surface area contributed by atoms with Gasteiger partial charge in [-0.05, 0) is 42.3 Å². The van der Waals surface area contributed by atoms with Gasteiger partial charge in [0.15, 0.2) is 0 Å². The van der Waals surface area contributed by atoms with Gasteiger partial charge < -0.3 is 0 Å². The lowest BCUT2D eigenvalue weighted by Gasteiger charge is -2.17. The van der Waals surface area contributed by atoms with Crippen molar-refractivity contribution in [2.75, 3.05) is 5.75 Å². The van der Waals surface area contributed by atoms with Gasteiger partial charge >= 0.3 is 0 Å². The smallest absolute Gasteiger partial charge is 0.124 e. The standard InChI is InChI=1S/C15H15Cl2FN2S/c16-14-5-2-6-15(17)13(14)8-11(20-19)9-21-12-4-1-3-10(18)7-12/h1-7,11,20H,8-9,19H2. The Labute approximate surface area is 137 Å². The number of thioether (sulfide) groups is 1. The Bertz CT molecular complexity index is 590. The third-order valence-electron chi connectivity index (χ3n) is 3.00. The van der Waals surface area contributed by atoms with Gasteiger partial charge in [0.1, 0.15) is 5.82 Å². The second kappa shape index (κ2) is 8.01. The molecular weight excluding hydrogens is 330 g/mol. The Hall–Kier alpha value is -0.780. The van der Waals surface area contributed by atoms with Gasteiger partial charge in [-0.3, -0.25) is 11.3 Å². The quantitative estimate of drug-likeness (QED) is 0.466. The first kappa shape index (κ1) is 16.6. The van der Waals surface area contributed by atoms with Crippen LogP contribution in [0.25, 0.3) is 0 Å². The van der Waals surface area contributed by atoms with Crippen molar-refractivity contribution in [2.24, 2.45) is 5.84 Å². The molecule has 0 aliphatic heterocycles. The minimum atomic E-state index is -0.244. The summed E-state index contributed by atoms with van der Waals surface area (Å²) in [5, 5.41) is 1.25. The highest BCUT2D eigenvalue weighted by Crippen LogP contribution is 2.27. The van der Waals surface area contributed by atoms with Gasteiger partial charge in [-0.1, -0.05) is 35.3 Å². The fraction of sp³-hybridized carbons (Fsp3) is 0.200. The van der Waals surface area contributed by atoms with E-state index < -0.39 is 0 Å². The first-order chi connectivity index (χ1) is 10.1. The number of hydrogen-bond acceptors (Lipinski definition) is 3. The second-order valence-electron chi connectivity index (χ2n) is 4.54. The van der Waals surface area contributed by atoms with Crippen LogP contribution in [0.1, 0.15) is 5.56 Å². The van der Waals surface area contributed by atoms with Gasteiger partial charge in [0, 0.05) is 26.7 Å². The zero-order chi connectivity index (χ0) is 15.2. The maximum atomic E-state index is 13.1. The summed E-state index contributed by atoms with van der Waals surface area (Å²) in [7, 11) is 0. The monoisotopic (exact) mass is 344 g/mol. The average Bonchev–Trinajstić information content (AvgIpc) is 2.46. The normalized spacial score (nSPS) is 12.4. The number of nitrogens with two attached hydrogens (primary N) is 1. The van der Waals surface area contributed by atoms with Crippen molar-refractivity contribution in [3.05, 3.63) is 63.9 Å². The number of hydrogen-bond donors (Lipinski definition) is 2. The molecule has 0 saturated carbocycles. The van der Waals surface area contributed by atoms with Crippen LogP contribution in [0.4, 0.5) is 4.39 Å².